The Kier molecular flexibility index (Phi) is 5.29. The fraction of sp³-hybridized carbons (Fsp3) is 0.273. The maximum Gasteiger partial charge on any atom is 0.271 e. The van der Waals surface area contributed by atoms with Crippen molar-refractivity contribution in [3.8, 4) is 17.2 Å². The van der Waals surface area contributed by atoms with E-state index in [-0.39, 0.29) is 39.9 Å². The molecule has 0 amide bonds. The Morgan fingerprint density at radius 3 is 2.56 bits per heavy atom. The molecule has 1 aliphatic heterocycles. The number of Topliss-reactive ketones (excluding diaryl/α,β-unsaturated/α-hetero) is 1. The van der Waals surface area contributed by atoms with E-state index in [4.69, 9.17) is 25.8 Å². The van der Waals surface area contributed by atoms with Gasteiger partial charge in [-0.1, -0.05) is 24.6 Å². The van der Waals surface area contributed by atoms with Gasteiger partial charge in [0.25, 0.3) is 5.69 Å². The van der Waals surface area contributed by atoms with Gasteiger partial charge in [0.1, 0.15) is 22.1 Å². The second-order valence-corrected chi connectivity index (χ2v) is 7.92. The SMILES string of the molecule is COc1cc(OC)c2c(c1Cl)O[C@@]1(C(=O)C=C(Nc3cccc([N+](=O)[O-])c3)C[C@H]1C)C2=O. The summed E-state index contributed by atoms with van der Waals surface area (Å²) in [5.74, 6) is -1.14. The fourth-order valence-electron chi connectivity index (χ4n) is 4.10. The summed E-state index contributed by atoms with van der Waals surface area (Å²) in [4.78, 5) is 37.2. The molecule has 0 saturated carbocycles. The molecule has 9 nitrogen and oxygen atoms in total. The van der Waals surface area contributed by atoms with Gasteiger partial charge in [-0.3, -0.25) is 19.7 Å². The van der Waals surface area contributed by atoms with E-state index in [1.54, 1.807) is 19.1 Å². The van der Waals surface area contributed by atoms with Crippen molar-refractivity contribution >= 4 is 34.5 Å². The zero-order valence-electron chi connectivity index (χ0n) is 17.4. The van der Waals surface area contributed by atoms with Crippen molar-refractivity contribution in [2.75, 3.05) is 19.5 Å². The summed E-state index contributed by atoms with van der Waals surface area (Å²) in [6, 6.07) is 7.40. The Morgan fingerprint density at radius 1 is 1.22 bits per heavy atom. The third-order valence-electron chi connectivity index (χ3n) is 5.67. The molecule has 1 heterocycles. The number of hydrogen-bond donors (Lipinski definition) is 1. The highest BCUT2D eigenvalue weighted by molar-refractivity contribution is 6.36. The number of halogens is 1. The number of allylic oxidation sites excluding steroid dienone is 1. The number of ketones is 2. The standard InChI is InChI=1S/C22H19ClN2O7/c1-11-7-13(24-12-5-4-6-14(8-12)25(28)29)9-17(26)22(11)21(27)18-15(30-2)10-16(31-3)19(23)20(18)32-22/h4-6,8-11,24H,7H2,1-3H3/t11-,22+/m1/s1. The molecular formula is C22H19ClN2O7. The molecule has 0 aromatic heterocycles. The minimum absolute atomic E-state index is 0.0524. The number of carbonyl (C=O) groups is 2. The molecule has 0 bridgehead atoms. The summed E-state index contributed by atoms with van der Waals surface area (Å²) in [7, 11) is 2.82. The van der Waals surface area contributed by atoms with Gasteiger partial charge in [-0.15, -0.1) is 0 Å². The van der Waals surface area contributed by atoms with Crippen LogP contribution in [-0.4, -0.2) is 36.3 Å². The third-order valence-corrected chi connectivity index (χ3v) is 6.03. The van der Waals surface area contributed by atoms with E-state index in [0.29, 0.717) is 11.4 Å². The zero-order chi connectivity index (χ0) is 23.2. The number of ether oxygens (including phenoxy) is 3. The maximum absolute atomic E-state index is 13.5. The lowest BCUT2D eigenvalue weighted by molar-refractivity contribution is -0.384. The molecule has 4 rings (SSSR count). The minimum Gasteiger partial charge on any atom is -0.496 e. The molecule has 2 aromatic rings. The van der Waals surface area contributed by atoms with E-state index in [0.717, 1.165) is 0 Å². The van der Waals surface area contributed by atoms with Crippen molar-refractivity contribution in [1.29, 1.82) is 0 Å². The van der Waals surface area contributed by atoms with Gasteiger partial charge in [0, 0.05) is 41.6 Å². The first-order chi connectivity index (χ1) is 15.2. The average Bonchev–Trinajstić information content (AvgIpc) is 3.08. The number of nitrogens with zero attached hydrogens (tertiary/aromatic N) is 1. The Morgan fingerprint density at radius 2 is 1.94 bits per heavy atom. The molecule has 166 valence electrons. The molecule has 0 radical (unpaired) electrons. The summed E-state index contributed by atoms with van der Waals surface area (Å²) in [5, 5.41) is 14.1. The van der Waals surface area contributed by atoms with Gasteiger partial charge >= 0.3 is 0 Å². The molecule has 1 aliphatic carbocycles. The molecule has 32 heavy (non-hydrogen) atoms. The fourth-order valence-corrected chi connectivity index (χ4v) is 4.36. The highest BCUT2D eigenvalue weighted by Gasteiger charge is 2.60. The van der Waals surface area contributed by atoms with Crippen LogP contribution in [0.5, 0.6) is 17.2 Å². The van der Waals surface area contributed by atoms with Crippen molar-refractivity contribution in [2.24, 2.45) is 5.92 Å². The summed E-state index contributed by atoms with van der Waals surface area (Å²) in [5.41, 5.74) is -0.793. The van der Waals surface area contributed by atoms with E-state index in [1.807, 2.05) is 0 Å². The summed E-state index contributed by atoms with van der Waals surface area (Å²) < 4.78 is 16.5. The number of methoxy groups -OCH3 is 2. The number of rotatable bonds is 5. The summed E-state index contributed by atoms with van der Waals surface area (Å²) in [6.07, 6.45) is 1.57. The first-order valence-electron chi connectivity index (χ1n) is 9.67. The number of non-ortho nitro benzene ring substituents is 1. The quantitative estimate of drug-likeness (QED) is 0.402. The highest BCUT2D eigenvalue weighted by atomic mass is 35.5. The Balaban J connectivity index is 1.70. The van der Waals surface area contributed by atoms with Crippen molar-refractivity contribution in [1.82, 2.24) is 0 Å². The Hall–Kier alpha value is -3.59. The molecule has 1 N–H and O–H groups in total. The molecule has 0 unspecified atom stereocenters. The lowest BCUT2D eigenvalue weighted by atomic mass is 9.74. The van der Waals surface area contributed by atoms with Crippen LogP contribution in [0.3, 0.4) is 0 Å². The molecule has 1 spiro atoms. The third kappa shape index (κ3) is 3.16. The van der Waals surface area contributed by atoms with Crippen LogP contribution in [0.15, 0.2) is 42.1 Å². The molecule has 10 heteroatoms. The minimum atomic E-state index is -1.78. The van der Waals surface area contributed by atoms with Crippen molar-refractivity contribution in [3.63, 3.8) is 0 Å². The Bertz CT molecular complexity index is 1190. The lowest BCUT2D eigenvalue weighted by Crippen LogP contribution is -2.55. The number of nitro benzene ring substituents is 1. The molecular weight excluding hydrogens is 440 g/mol. The van der Waals surface area contributed by atoms with Gasteiger partial charge in [0.2, 0.25) is 17.2 Å². The first-order valence-corrected chi connectivity index (χ1v) is 10.1. The van der Waals surface area contributed by atoms with Gasteiger partial charge in [-0.25, -0.2) is 0 Å². The van der Waals surface area contributed by atoms with Crippen LogP contribution in [0.1, 0.15) is 23.7 Å². The van der Waals surface area contributed by atoms with E-state index < -0.39 is 28.0 Å². The second kappa shape index (κ2) is 7.83. The van der Waals surface area contributed by atoms with E-state index in [9.17, 15) is 19.7 Å². The van der Waals surface area contributed by atoms with Crippen LogP contribution in [0.2, 0.25) is 5.02 Å². The normalized spacial score (nSPS) is 21.6. The lowest BCUT2D eigenvalue weighted by Gasteiger charge is -2.35. The molecule has 0 fully saturated rings. The van der Waals surface area contributed by atoms with Crippen molar-refractivity contribution in [2.45, 2.75) is 18.9 Å². The first kappa shape index (κ1) is 21.6. The second-order valence-electron chi connectivity index (χ2n) is 7.54. The smallest absolute Gasteiger partial charge is 0.271 e. The van der Waals surface area contributed by atoms with Gasteiger partial charge in [0.15, 0.2) is 5.75 Å². The molecule has 0 saturated heterocycles. The number of fused-ring (bicyclic) bond motifs is 1. The van der Waals surface area contributed by atoms with Crippen LogP contribution < -0.4 is 19.5 Å². The van der Waals surface area contributed by atoms with Crippen molar-refractivity contribution in [3.05, 3.63) is 62.8 Å². The van der Waals surface area contributed by atoms with Crippen LogP contribution in [0.25, 0.3) is 0 Å². The topological polar surface area (TPSA) is 117 Å². The van der Waals surface area contributed by atoms with Crippen LogP contribution in [0, 0.1) is 16.0 Å². The number of nitrogens with one attached hydrogen (secondary N) is 1. The molecule has 2 aromatic carbocycles. The van der Waals surface area contributed by atoms with Gasteiger partial charge < -0.3 is 19.5 Å². The maximum atomic E-state index is 13.5. The van der Waals surface area contributed by atoms with E-state index in [1.165, 1.54) is 38.5 Å². The van der Waals surface area contributed by atoms with E-state index in [2.05, 4.69) is 5.32 Å². The number of benzene rings is 2. The average molecular weight is 459 g/mol. The zero-order valence-corrected chi connectivity index (χ0v) is 18.2. The van der Waals surface area contributed by atoms with Gasteiger partial charge in [-0.05, 0) is 12.5 Å². The number of hydrogen-bond acceptors (Lipinski definition) is 8. The summed E-state index contributed by atoms with van der Waals surface area (Å²) >= 11 is 6.37. The predicted octanol–water partition coefficient (Wildman–Crippen LogP) is 4.18. The van der Waals surface area contributed by atoms with Crippen molar-refractivity contribution < 1.29 is 28.7 Å². The molecule has 2 aliphatic rings. The number of nitro groups is 1. The van der Waals surface area contributed by atoms with Gasteiger partial charge in [0.05, 0.1) is 19.1 Å². The van der Waals surface area contributed by atoms with Gasteiger partial charge in [-0.2, -0.15) is 0 Å². The van der Waals surface area contributed by atoms with Crippen LogP contribution in [0.4, 0.5) is 11.4 Å². The Labute approximate surface area is 188 Å². The van der Waals surface area contributed by atoms with Crippen LogP contribution in [-0.2, 0) is 4.79 Å². The highest BCUT2D eigenvalue weighted by Crippen LogP contribution is 2.53. The van der Waals surface area contributed by atoms with Crippen LogP contribution >= 0.6 is 11.6 Å². The number of carbonyl (C=O) groups excluding carboxylic acids is 2. The summed E-state index contributed by atoms with van der Waals surface area (Å²) in [6.45, 7) is 1.72. The largest absolute Gasteiger partial charge is 0.496 e. The van der Waals surface area contributed by atoms with E-state index >= 15 is 0 Å². The monoisotopic (exact) mass is 458 g/mol. The number of anilines is 1. The predicted molar refractivity (Wildman–Crippen MR) is 116 cm³/mol. The molecule has 2 atom stereocenters.